The van der Waals surface area contributed by atoms with Gasteiger partial charge < -0.3 is 0 Å². The van der Waals surface area contributed by atoms with Crippen LogP contribution in [0.25, 0.3) is 11.3 Å². The molecule has 3 rings (SSSR count). The normalized spacial score (nSPS) is 15.7. The highest BCUT2D eigenvalue weighted by Crippen LogP contribution is 2.24. The average molecular weight is 320 g/mol. The quantitative estimate of drug-likeness (QED) is 0.793. The summed E-state index contributed by atoms with van der Waals surface area (Å²) in [6, 6.07) is 7.90. The Hall–Kier alpha value is -1.39. The standard InChI is InChI=1S/C16H18ClN3S/c1-2-18-16-20(19-14-8-3-4-9-14)15(11-21-16)12-6-5-7-13(17)10-12/h5-7,10-11H,2-4,8-9H2,1H3. The van der Waals surface area contributed by atoms with Crippen LogP contribution in [0, 0.1) is 0 Å². The monoisotopic (exact) mass is 319 g/mol. The van der Waals surface area contributed by atoms with Gasteiger partial charge in [0.15, 0.2) is 0 Å². The van der Waals surface area contributed by atoms with E-state index in [1.165, 1.54) is 18.6 Å². The Bertz CT molecular complexity index is 719. The van der Waals surface area contributed by atoms with Gasteiger partial charge >= 0.3 is 0 Å². The van der Waals surface area contributed by atoms with Crippen molar-refractivity contribution in [3.05, 3.63) is 39.5 Å². The summed E-state index contributed by atoms with van der Waals surface area (Å²) >= 11 is 7.75. The van der Waals surface area contributed by atoms with Crippen molar-refractivity contribution in [2.45, 2.75) is 32.6 Å². The fourth-order valence-corrected chi connectivity index (χ4v) is 3.60. The van der Waals surface area contributed by atoms with Crippen LogP contribution in [-0.2, 0) is 0 Å². The maximum atomic E-state index is 6.12. The van der Waals surface area contributed by atoms with Crippen molar-refractivity contribution in [3.63, 3.8) is 0 Å². The maximum Gasteiger partial charge on any atom is 0.206 e. The lowest BCUT2D eigenvalue weighted by Crippen LogP contribution is -2.14. The van der Waals surface area contributed by atoms with Crippen LogP contribution < -0.4 is 4.80 Å². The summed E-state index contributed by atoms with van der Waals surface area (Å²) in [7, 11) is 0. The van der Waals surface area contributed by atoms with E-state index in [4.69, 9.17) is 16.7 Å². The van der Waals surface area contributed by atoms with E-state index in [1.807, 2.05) is 29.8 Å². The lowest BCUT2D eigenvalue weighted by molar-refractivity contribution is 0.821. The Morgan fingerprint density at radius 1 is 1.29 bits per heavy atom. The Morgan fingerprint density at radius 2 is 2.10 bits per heavy atom. The van der Waals surface area contributed by atoms with Crippen LogP contribution in [0.2, 0.25) is 5.02 Å². The molecule has 0 bridgehead atoms. The number of benzene rings is 1. The van der Waals surface area contributed by atoms with Crippen molar-refractivity contribution in [1.29, 1.82) is 0 Å². The van der Waals surface area contributed by atoms with E-state index >= 15 is 0 Å². The largest absolute Gasteiger partial charge is 0.258 e. The highest BCUT2D eigenvalue weighted by Gasteiger charge is 2.12. The number of aromatic nitrogens is 1. The molecule has 0 amide bonds. The van der Waals surface area contributed by atoms with Crippen LogP contribution in [0.15, 0.2) is 39.7 Å². The molecule has 0 aliphatic heterocycles. The molecular weight excluding hydrogens is 302 g/mol. The van der Waals surface area contributed by atoms with Gasteiger partial charge in [0.2, 0.25) is 4.80 Å². The predicted molar refractivity (Wildman–Crippen MR) is 90.2 cm³/mol. The van der Waals surface area contributed by atoms with E-state index in [9.17, 15) is 0 Å². The fraction of sp³-hybridized carbons (Fsp3) is 0.375. The highest BCUT2D eigenvalue weighted by atomic mass is 35.5. The molecule has 0 spiro atoms. The molecule has 1 fully saturated rings. The molecule has 0 radical (unpaired) electrons. The predicted octanol–water partition coefficient (Wildman–Crippen LogP) is 4.57. The number of nitrogens with zero attached hydrogens (tertiary/aromatic N) is 3. The van der Waals surface area contributed by atoms with Gasteiger partial charge in [-0.25, -0.2) is 4.68 Å². The first kappa shape index (κ1) is 14.5. The molecule has 1 aromatic heterocycles. The van der Waals surface area contributed by atoms with Gasteiger partial charge in [0, 0.05) is 28.2 Å². The second-order valence-electron chi connectivity index (χ2n) is 5.07. The summed E-state index contributed by atoms with van der Waals surface area (Å²) in [4.78, 5) is 5.51. The zero-order valence-corrected chi connectivity index (χ0v) is 13.6. The molecule has 1 aliphatic rings. The number of hydrogen-bond donors (Lipinski definition) is 0. The second-order valence-corrected chi connectivity index (χ2v) is 6.35. The molecule has 1 aromatic carbocycles. The molecule has 1 aliphatic carbocycles. The van der Waals surface area contributed by atoms with E-state index in [1.54, 1.807) is 11.3 Å². The minimum absolute atomic E-state index is 0.743. The van der Waals surface area contributed by atoms with E-state index in [0.717, 1.165) is 40.5 Å². The summed E-state index contributed by atoms with van der Waals surface area (Å²) in [5.41, 5.74) is 3.42. The van der Waals surface area contributed by atoms with Crippen LogP contribution in [0.5, 0.6) is 0 Å². The molecule has 0 N–H and O–H groups in total. The summed E-state index contributed by atoms with van der Waals surface area (Å²) in [6.07, 6.45) is 4.69. The van der Waals surface area contributed by atoms with E-state index < -0.39 is 0 Å². The molecule has 0 saturated heterocycles. The van der Waals surface area contributed by atoms with Gasteiger partial charge in [-0.3, -0.25) is 4.99 Å². The first-order valence-corrected chi connectivity index (χ1v) is 8.57. The van der Waals surface area contributed by atoms with Crippen molar-refractivity contribution >= 4 is 28.6 Å². The van der Waals surface area contributed by atoms with Gasteiger partial charge in [0.25, 0.3) is 0 Å². The maximum absolute atomic E-state index is 6.12. The van der Waals surface area contributed by atoms with Gasteiger partial charge in [0.1, 0.15) is 0 Å². The molecule has 0 unspecified atom stereocenters. The fourth-order valence-electron chi connectivity index (χ4n) is 2.51. The van der Waals surface area contributed by atoms with Crippen molar-refractivity contribution < 1.29 is 0 Å². The Kier molecular flexibility index (Phi) is 4.56. The topological polar surface area (TPSA) is 29.6 Å². The molecule has 3 nitrogen and oxygen atoms in total. The lowest BCUT2D eigenvalue weighted by atomic mass is 10.2. The van der Waals surface area contributed by atoms with Gasteiger partial charge in [-0.05, 0) is 44.7 Å². The van der Waals surface area contributed by atoms with Gasteiger partial charge in [-0.1, -0.05) is 23.7 Å². The van der Waals surface area contributed by atoms with E-state index in [0.29, 0.717) is 0 Å². The van der Waals surface area contributed by atoms with Gasteiger partial charge in [0.05, 0.1) is 5.69 Å². The summed E-state index contributed by atoms with van der Waals surface area (Å²) in [5.74, 6) is 0. The first-order chi connectivity index (χ1) is 10.3. The minimum Gasteiger partial charge on any atom is -0.258 e. The highest BCUT2D eigenvalue weighted by molar-refractivity contribution is 7.07. The second kappa shape index (κ2) is 6.58. The first-order valence-electron chi connectivity index (χ1n) is 7.31. The minimum atomic E-state index is 0.743. The van der Waals surface area contributed by atoms with Crippen molar-refractivity contribution in [1.82, 2.24) is 4.68 Å². The summed E-state index contributed by atoms with van der Waals surface area (Å²) < 4.78 is 1.99. The smallest absolute Gasteiger partial charge is 0.206 e. The van der Waals surface area contributed by atoms with Crippen LogP contribution in [0.1, 0.15) is 32.6 Å². The summed E-state index contributed by atoms with van der Waals surface area (Å²) in [5, 5.41) is 7.70. The SMILES string of the molecule is CCN=c1scc(-c2cccc(Cl)c2)n1N=C1CCCC1. The van der Waals surface area contributed by atoms with E-state index in [2.05, 4.69) is 16.4 Å². The van der Waals surface area contributed by atoms with Gasteiger partial charge in [-0.15, -0.1) is 11.3 Å². The van der Waals surface area contributed by atoms with Crippen molar-refractivity contribution in [3.8, 4) is 11.3 Å². The summed E-state index contributed by atoms with van der Waals surface area (Å²) in [6.45, 7) is 2.81. The van der Waals surface area contributed by atoms with Crippen molar-refractivity contribution in [2.75, 3.05) is 6.54 Å². The number of halogens is 1. The molecule has 110 valence electrons. The zero-order chi connectivity index (χ0) is 14.7. The number of rotatable bonds is 3. The van der Waals surface area contributed by atoms with Crippen molar-refractivity contribution in [2.24, 2.45) is 10.1 Å². The van der Waals surface area contributed by atoms with E-state index in [-0.39, 0.29) is 0 Å². The Morgan fingerprint density at radius 3 is 2.81 bits per heavy atom. The van der Waals surface area contributed by atoms with Crippen LogP contribution in [-0.4, -0.2) is 16.9 Å². The molecule has 5 heteroatoms. The third-order valence-electron chi connectivity index (χ3n) is 3.52. The molecule has 1 heterocycles. The number of thiazole rings is 1. The molecule has 2 aromatic rings. The molecular formula is C16H18ClN3S. The molecule has 21 heavy (non-hydrogen) atoms. The Balaban J connectivity index is 2.13. The van der Waals surface area contributed by atoms with Crippen LogP contribution in [0.4, 0.5) is 0 Å². The van der Waals surface area contributed by atoms with Gasteiger partial charge in [-0.2, -0.15) is 5.10 Å². The lowest BCUT2D eigenvalue weighted by Gasteiger charge is -2.05. The number of hydrogen-bond acceptors (Lipinski definition) is 3. The third kappa shape index (κ3) is 3.27. The van der Waals surface area contributed by atoms with Crippen LogP contribution in [0.3, 0.4) is 0 Å². The third-order valence-corrected chi connectivity index (χ3v) is 4.61. The Labute approximate surface area is 133 Å². The zero-order valence-electron chi connectivity index (χ0n) is 12.1. The van der Waals surface area contributed by atoms with Crippen LogP contribution >= 0.6 is 22.9 Å². The molecule has 0 atom stereocenters. The molecule has 1 saturated carbocycles. The average Bonchev–Trinajstić information content (AvgIpc) is 3.11.